The van der Waals surface area contributed by atoms with Gasteiger partial charge in [-0.3, -0.25) is 5.10 Å². The SMILES string of the molecule is COCc1ccc(CNCCCc2cn[nH]c2C)cc1. The topological polar surface area (TPSA) is 49.9 Å². The van der Waals surface area contributed by atoms with Gasteiger partial charge in [0.05, 0.1) is 12.8 Å². The van der Waals surface area contributed by atoms with E-state index in [9.17, 15) is 0 Å². The van der Waals surface area contributed by atoms with Gasteiger partial charge in [-0.1, -0.05) is 24.3 Å². The van der Waals surface area contributed by atoms with E-state index in [0.717, 1.165) is 25.9 Å². The second-order valence-electron chi connectivity index (χ2n) is 5.05. The molecule has 20 heavy (non-hydrogen) atoms. The van der Waals surface area contributed by atoms with Crippen molar-refractivity contribution in [3.05, 3.63) is 52.8 Å². The summed E-state index contributed by atoms with van der Waals surface area (Å²) in [6, 6.07) is 8.55. The Bertz CT molecular complexity index is 505. The first-order valence-electron chi connectivity index (χ1n) is 7.06. The zero-order valence-electron chi connectivity index (χ0n) is 12.3. The first kappa shape index (κ1) is 14.8. The van der Waals surface area contributed by atoms with Crippen LogP contribution in [0.3, 0.4) is 0 Å². The molecule has 0 bridgehead atoms. The lowest BCUT2D eigenvalue weighted by Gasteiger charge is -2.06. The summed E-state index contributed by atoms with van der Waals surface area (Å²) < 4.78 is 5.10. The summed E-state index contributed by atoms with van der Waals surface area (Å²) in [5.41, 5.74) is 5.02. The fraction of sp³-hybridized carbons (Fsp3) is 0.438. The molecule has 4 heteroatoms. The summed E-state index contributed by atoms with van der Waals surface area (Å²) in [5, 5.41) is 10.5. The molecule has 4 nitrogen and oxygen atoms in total. The molecule has 1 heterocycles. The molecule has 0 unspecified atom stereocenters. The van der Waals surface area contributed by atoms with E-state index in [2.05, 4.69) is 46.7 Å². The van der Waals surface area contributed by atoms with Gasteiger partial charge >= 0.3 is 0 Å². The van der Waals surface area contributed by atoms with E-state index < -0.39 is 0 Å². The average molecular weight is 273 g/mol. The van der Waals surface area contributed by atoms with Crippen molar-refractivity contribution in [3.63, 3.8) is 0 Å². The number of ether oxygens (including phenoxy) is 1. The minimum atomic E-state index is 0.678. The Hall–Kier alpha value is -1.65. The molecule has 0 saturated heterocycles. The highest BCUT2D eigenvalue weighted by molar-refractivity contribution is 5.22. The number of H-pyrrole nitrogens is 1. The van der Waals surface area contributed by atoms with Crippen LogP contribution >= 0.6 is 0 Å². The third-order valence-electron chi connectivity index (χ3n) is 3.40. The average Bonchev–Trinajstić information content (AvgIpc) is 2.86. The fourth-order valence-electron chi connectivity index (χ4n) is 2.18. The predicted molar refractivity (Wildman–Crippen MR) is 80.5 cm³/mol. The van der Waals surface area contributed by atoms with Gasteiger partial charge in [0.2, 0.25) is 0 Å². The molecule has 0 atom stereocenters. The van der Waals surface area contributed by atoms with Crippen LogP contribution in [0.25, 0.3) is 0 Å². The second-order valence-corrected chi connectivity index (χ2v) is 5.05. The van der Waals surface area contributed by atoms with E-state index >= 15 is 0 Å². The smallest absolute Gasteiger partial charge is 0.0713 e. The van der Waals surface area contributed by atoms with Gasteiger partial charge in [-0.25, -0.2) is 0 Å². The summed E-state index contributed by atoms with van der Waals surface area (Å²) >= 11 is 0. The first-order chi connectivity index (χ1) is 9.79. The molecule has 0 aliphatic heterocycles. The molecule has 0 radical (unpaired) electrons. The number of aromatic nitrogens is 2. The summed E-state index contributed by atoms with van der Waals surface area (Å²) in [6.07, 6.45) is 4.12. The number of hydrogen-bond acceptors (Lipinski definition) is 3. The number of nitrogens with one attached hydrogen (secondary N) is 2. The molecular weight excluding hydrogens is 250 g/mol. The quantitative estimate of drug-likeness (QED) is 0.727. The molecule has 0 fully saturated rings. The van der Waals surface area contributed by atoms with Crippen molar-refractivity contribution in [1.82, 2.24) is 15.5 Å². The van der Waals surface area contributed by atoms with E-state index in [1.807, 2.05) is 6.20 Å². The normalized spacial score (nSPS) is 10.9. The second kappa shape index (κ2) is 7.82. The molecule has 0 aliphatic rings. The zero-order chi connectivity index (χ0) is 14.2. The summed E-state index contributed by atoms with van der Waals surface area (Å²) in [7, 11) is 1.72. The van der Waals surface area contributed by atoms with Crippen LogP contribution in [0.15, 0.2) is 30.5 Å². The molecule has 0 saturated carbocycles. The van der Waals surface area contributed by atoms with Crippen LogP contribution in [0.4, 0.5) is 0 Å². The molecule has 2 aromatic rings. The number of benzene rings is 1. The molecule has 0 spiro atoms. The molecule has 2 rings (SSSR count). The Balaban J connectivity index is 1.64. The molecular formula is C16H23N3O. The van der Waals surface area contributed by atoms with Crippen LogP contribution < -0.4 is 5.32 Å². The predicted octanol–water partition coefficient (Wildman–Crippen LogP) is 2.59. The third kappa shape index (κ3) is 4.47. The van der Waals surface area contributed by atoms with E-state index in [0.29, 0.717) is 6.61 Å². The van der Waals surface area contributed by atoms with E-state index in [1.165, 1.54) is 22.4 Å². The van der Waals surface area contributed by atoms with Gasteiger partial charge in [-0.2, -0.15) is 5.10 Å². The van der Waals surface area contributed by atoms with Crippen molar-refractivity contribution in [1.29, 1.82) is 0 Å². The third-order valence-corrected chi connectivity index (χ3v) is 3.40. The number of nitrogens with zero attached hydrogens (tertiary/aromatic N) is 1. The van der Waals surface area contributed by atoms with Gasteiger partial charge in [-0.15, -0.1) is 0 Å². The molecule has 1 aromatic carbocycles. The highest BCUT2D eigenvalue weighted by atomic mass is 16.5. The lowest BCUT2D eigenvalue weighted by Crippen LogP contribution is -2.15. The Morgan fingerprint density at radius 2 is 1.95 bits per heavy atom. The van der Waals surface area contributed by atoms with Crippen LogP contribution in [0, 0.1) is 6.92 Å². The van der Waals surface area contributed by atoms with Crippen LogP contribution in [0.2, 0.25) is 0 Å². The van der Waals surface area contributed by atoms with Gasteiger partial charge in [-0.05, 0) is 43.0 Å². The summed E-state index contributed by atoms with van der Waals surface area (Å²) in [4.78, 5) is 0. The van der Waals surface area contributed by atoms with Gasteiger partial charge in [0.15, 0.2) is 0 Å². The molecule has 0 amide bonds. The van der Waals surface area contributed by atoms with Crippen molar-refractivity contribution < 1.29 is 4.74 Å². The maximum atomic E-state index is 5.10. The molecule has 108 valence electrons. The number of aryl methyl sites for hydroxylation is 2. The highest BCUT2D eigenvalue weighted by Crippen LogP contribution is 2.07. The minimum Gasteiger partial charge on any atom is -0.380 e. The molecule has 0 aliphatic carbocycles. The van der Waals surface area contributed by atoms with Crippen molar-refractivity contribution in [3.8, 4) is 0 Å². The largest absolute Gasteiger partial charge is 0.380 e. The Labute approximate surface area is 120 Å². The van der Waals surface area contributed by atoms with Crippen LogP contribution in [0.1, 0.15) is 28.8 Å². The highest BCUT2D eigenvalue weighted by Gasteiger charge is 1.99. The zero-order valence-corrected chi connectivity index (χ0v) is 12.3. The Kier molecular flexibility index (Phi) is 5.77. The summed E-state index contributed by atoms with van der Waals surface area (Å²) in [5.74, 6) is 0. The Morgan fingerprint density at radius 1 is 1.20 bits per heavy atom. The van der Waals surface area contributed by atoms with Crippen LogP contribution in [-0.2, 0) is 24.3 Å². The van der Waals surface area contributed by atoms with Crippen LogP contribution in [0.5, 0.6) is 0 Å². The Morgan fingerprint density at radius 3 is 2.60 bits per heavy atom. The maximum absolute atomic E-state index is 5.10. The van der Waals surface area contributed by atoms with E-state index in [1.54, 1.807) is 7.11 Å². The molecule has 2 N–H and O–H groups in total. The van der Waals surface area contributed by atoms with Gasteiger partial charge in [0.25, 0.3) is 0 Å². The monoisotopic (exact) mass is 273 g/mol. The minimum absolute atomic E-state index is 0.678. The lowest BCUT2D eigenvalue weighted by atomic mass is 10.1. The summed E-state index contributed by atoms with van der Waals surface area (Å²) in [6.45, 7) is 4.68. The number of aromatic amines is 1. The van der Waals surface area contributed by atoms with E-state index in [-0.39, 0.29) is 0 Å². The van der Waals surface area contributed by atoms with Gasteiger partial charge < -0.3 is 10.1 Å². The number of methoxy groups -OCH3 is 1. The first-order valence-corrected chi connectivity index (χ1v) is 7.06. The fourth-order valence-corrected chi connectivity index (χ4v) is 2.18. The van der Waals surface area contributed by atoms with Crippen molar-refractivity contribution >= 4 is 0 Å². The number of rotatable bonds is 8. The maximum Gasteiger partial charge on any atom is 0.0713 e. The standard InChI is InChI=1S/C16H23N3O/c1-13-16(11-18-19-13)4-3-9-17-10-14-5-7-15(8-6-14)12-20-2/h5-8,11,17H,3-4,9-10,12H2,1-2H3,(H,18,19). The lowest BCUT2D eigenvalue weighted by molar-refractivity contribution is 0.185. The van der Waals surface area contributed by atoms with Crippen molar-refractivity contribution in [2.24, 2.45) is 0 Å². The van der Waals surface area contributed by atoms with Crippen molar-refractivity contribution in [2.45, 2.75) is 32.9 Å². The van der Waals surface area contributed by atoms with E-state index in [4.69, 9.17) is 4.74 Å². The van der Waals surface area contributed by atoms with Crippen LogP contribution in [-0.4, -0.2) is 23.9 Å². The van der Waals surface area contributed by atoms with Gasteiger partial charge in [0.1, 0.15) is 0 Å². The van der Waals surface area contributed by atoms with Crippen molar-refractivity contribution in [2.75, 3.05) is 13.7 Å². The molecule has 1 aromatic heterocycles. The number of hydrogen-bond donors (Lipinski definition) is 2. The van der Waals surface area contributed by atoms with Gasteiger partial charge in [0, 0.05) is 19.3 Å².